The molecule has 7 nitrogen and oxygen atoms in total. The van der Waals surface area contributed by atoms with Gasteiger partial charge in [0.2, 0.25) is 5.56 Å². The number of ether oxygens (including phenoxy) is 1. The number of morpholine rings is 1. The molecule has 1 aromatic rings. The Balaban J connectivity index is 1.50. The van der Waals surface area contributed by atoms with Crippen LogP contribution >= 0.6 is 0 Å². The zero-order valence-electron chi connectivity index (χ0n) is 14.3. The van der Waals surface area contributed by atoms with Gasteiger partial charge in [-0.05, 0) is 25.3 Å². The Kier molecular flexibility index (Phi) is 8.34. The molecule has 24 heavy (non-hydrogen) atoms. The molecule has 0 spiro atoms. The fraction of sp³-hybridized carbons (Fsp3) is 0.647. The molecule has 7 heteroatoms. The van der Waals surface area contributed by atoms with Crippen molar-refractivity contribution in [1.29, 1.82) is 0 Å². The summed E-state index contributed by atoms with van der Waals surface area (Å²) in [6.45, 7) is 7.01. The topological polar surface area (TPSA) is 84.9 Å². The summed E-state index contributed by atoms with van der Waals surface area (Å²) >= 11 is 0. The van der Waals surface area contributed by atoms with Crippen LogP contribution in [0.15, 0.2) is 34.2 Å². The molecular weight excluding hydrogens is 306 g/mol. The van der Waals surface area contributed by atoms with E-state index in [1.807, 2.05) is 12.3 Å². The standard InChI is InChI=1S/C17H29N5O2/c18-17(20-8-5-9-21-12-14-24-15-13-21)19-7-2-4-11-22-10-3-1-6-16(22)23/h1,3,6,10H,2,4-5,7-9,11-15H2,(H3,18,19,20). The lowest BCUT2D eigenvalue weighted by Crippen LogP contribution is -2.37. The van der Waals surface area contributed by atoms with E-state index in [-0.39, 0.29) is 5.56 Å². The van der Waals surface area contributed by atoms with Crippen molar-refractivity contribution in [2.75, 3.05) is 45.9 Å². The summed E-state index contributed by atoms with van der Waals surface area (Å²) in [6, 6.07) is 5.22. The second-order valence-electron chi connectivity index (χ2n) is 5.94. The molecule has 1 aliphatic rings. The molecule has 0 saturated carbocycles. The van der Waals surface area contributed by atoms with Crippen molar-refractivity contribution in [3.63, 3.8) is 0 Å². The third-order valence-electron chi connectivity index (χ3n) is 4.05. The molecule has 2 heterocycles. The van der Waals surface area contributed by atoms with Gasteiger partial charge < -0.3 is 20.4 Å². The Hall–Kier alpha value is -1.86. The van der Waals surface area contributed by atoms with Crippen molar-refractivity contribution in [2.24, 2.45) is 10.7 Å². The van der Waals surface area contributed by atoms with Crippen molar-refractivity contribution >= 4 is 5.96 Å². The molecule has 0 atom stereocenters. The van der Waals surface area contributed by atoms with Crippen LogP contribution in [0.3, 0.4) is 0 Å². The average Bonchev–Trinajstić information content (AvgIpc) is 2.61. The number of aliphatic imine (C=N–C) groups is 1. The lowest BCUT2D eigenvalue weighted by atomic mass is 10.3. The van der Waals surface area contributed by atoms with Crippen LogP contribution in [0.2, 0.25) is 0 Å². The minimum absolute atomic E-state index is 0.0480. The third kappa shape index (κ3) is 7.14. The van der Waals surface area contributed by atoms with Crippen molar-refractivity contribution < 1.29 is 4.74 Å². The van der Waals surface area contributed by atoms with Crippen LogP contribution in [0.1, 0.15) is 19.3 Å². The average molecular weight is 335 g/mol. The Morgan fingerprint density at radius 3 is 2.83 bits per heavy atom. The molecule has 134 valence electrons. The molecule has 1 saturated heterocycles. The van der Waals surface area contributed by atoms with Gasteiger partial charge >= 0.3 is 0 Å². The molecule has 0 radical (unpaired) electrons. The van der Waals surface area contributed by atoms with Gasteiger partial charge in [-0.15, -0.1) is 0 Å². The minimum atomic E-state index is 0.0480. The number of hydrogen-bond donors (Lipinski definition) is 2. The molecule has 3 N–H and O–H groups in total. The zero-order valence-corrected chi connectivity index (χ0v) is 14.3. The van der Waals surface area contributed by atoms with Gasteiger partial charge in [-0.3, -0.25) is 14.7 Å². The van der Waals surface area contributed by atoms with Crippen LogP contribution in [0.25, 0.3) is 0 Å². The Morgan fingerprint density at radius 2 is 2.04 bits per heavy atom. The van der Waals surface area contributed by atoms with Gasteiger partial charge in [-0.1, -0.05) is 6.07 Å². The fourth-order valence-electron chi connectivity index (χ4n) is 2.64. The Morgan fingerprint density at radius 1 is 1.21 bits per heavy atom. The van der Waals surface area contributed by atoms with Gasteiger partial charge in [-0.2, -0.15) is 0 Å². The molecule has 0 bridgehead atoms. The van der Waals surface area contributed by atoms with Crippen LogP contribution in [0, 0.1) is 0 Å². The maximum Gasteiger partial charge on any atom is 0.250 e. The van der Waals surface area contributed by atoms with E-state index in [1.165, 1.54) is 0 Å². The van der Waals surface area contributed by atoms with Crippen molar-refractivity contribution in [1.82, 2.24) is 14.8 Å². The van der Waals surface area contributed by atoms with Crippen LogP contribution in [-0.2, 0) is 11.3 Å². The van der Waals surface area contributed by atoms with Gasteiger partial charge in [0, 0.05) is 51.5 Å². The first-order chi connectivity index (χ1) is 11.8. The van der Waals surface area contributed by atoms with Gasteiger partial charge in [0.05, 0.1) is 13.2 Å². The lowest BCUT2D eigenvalue weighted by Gasteiger charge is -2.26. The predicted octanol–water partition coefficient (Wildman–Crippen LogP) is 0.255. The van der Waals surface area contributed by atoms with Gasteiger partial charge in [-0.25, -0.2) is 0 Å². The second-order valence-corrected chi connectivity index (χ2v) is 5.94. The summed E-state index contributed by atoms with van der Waals surface area (Å²) < 4.78 is 7.05. The number of nitrogens with two attached hydrogens (primary N) is 1. The van der Waals surface area contributed by atoms with Crippen molar-refractivity contribution in [3.8, 4) is 0 Å². The molecule has 1 aromatic heterocycles. The highest BCUT2D eigenvalue weighted by molar-refractivity contribution is 5.77. The number of rotatable bonds is 9. The first-order valence-electron chi connectivity index (χ1n) is 8.75. The zero-order chi connectivity index (χ0) is 17.0. The monoisotopic (exact) mass is 335 g/mol. The Labute approximate surface area is 143 Å². The number of hydrogen-bond acceptors (Lipinski definition) is 4. The quantitative estimate of drug-likeness (QED) is 0.384. The largest absolute Gasteiger partial charge is 0.379 e. The smallest absolute Gasteiger partial charge is 0.250 e. The molecule has 2 rings (SSSR count). The van der Waals surface area contributed by atoms with E-state index in [0.29, 0.717) is 5.96 Å². The molecule has 0 aliphatic carbocycles. The van der Waals surface area contributed by atoms with Gasteiger partial charge in [0.15, 0.2) is 5.96 Å². The summed E-state index contributed by atoms with van der Waals surface area (Å²) in [5.41, 5.74) is 5.91. The summed E-state index contributed by atoms with van der Waals surface area (Å²) in [7, 11) is 0. The maximum atomic E-state index is 11.6. The normalized spacial score (nSPS) is 16.2. The summed E-state index contributed by atoms with van der Waals surface area (Å²) in [4.78, 5) is 18.3. The highest BCUT2D eigenvalue weighted by Crippen LogP contribution is 1.98. The Bertz CT molecular complexity index is 552. The number of guanidine groups is 1. The molecule has 1 fully saturated rings. The van der Waals surface area contributed by atoms with Crippen molar-refractivity contribution in [2.45, 2.75) is 25.8 Å². The van der Waals surface area contributed by atoms with Crippen LogP contribution in [-0.4, -0.2) is 61.4 Å². The van der Waals surface area contributed by atoms with Crippen LogP contribution in [0.4, 0.5) is 0 Å². The van der Waals surface area contributed by atoms with E-state index in [0.717, 1.165) is 71.7 Å². The van der Waals surface area contributed by atoms with Crippen LogP contribution < -0.4 is 16.6 Å². The SMILES string of the molecule is NC(=NCCCN1CCOCC1)NCCCCn1ccccc1=O. The summed E-state index contributed by atoms with van der Waals surface area (Å²) in [6.07, 6.45) is 4.71. The predicted molar refractivity (Wildman–Crippen MR) is 96.3 cm³/mol. The van der Waals surface area contributed by atoms with E-state index < -0.39 is 0 Å². The third-order valence-corrected chi connectivity index (χ3v) is 4.05. The number of aryl methyl sites for hydroxylation is 1. The van der Waals surface area contributed by atoms with Gasteiger partial charge in [0.25, 0.3) is 0 Å². The summed E-state index contributed by atoms with van der Waals surface area (Å²) in [5.74, 6) is 0.508. The minimum Gasteiger partial charge on any atom is -0.379 e. The molecule has 0 unspecified atom stereocenters. The number of unbranched alkanes of at least 4 members (excludes halogenated alkanes) is 1. The number of nitrogens with zero attached hydrogens (tertiary/aromatic N) is 3. The second kappa shape index (κ2) is 10.8. The van der Waals surface area contributed by atoms with Crippen LogP contribution in [0.5, 0.6) is 0 Å². The number of pyridine rings is 1. The maximum absolute atomic E-state index is 11.6. The number of nitrogens with one attached hydrogen (secondary N) is 1. The van der Waals surface area contributed by atoms with E-state index in [2.05, 4.69) is 15.2 Å². The van der Waals surface area contributed by atoms with Gasteiger partial charge in [0.1, 0.15) is 0 Å². The first-order valence-corrected chi connectivity index (χ1v) is 8.75. The van der Waals surface area contributed by atoms with E-state index in [4.69, 9.17) is 10.5 Å². The molecular formula is C17H29N5O2. The summed E-state index contributed by atoms with van der Waals surface area (Å²) in [5, 5.41) is 3.13. The molecule has 0 aromatic carbocycles. The van der Waals surface area contributed by atoms with E-state index >= 15 is 0 Å². The molecule has 1 aliphatic heterocycles. The fourth-order valence-corrected chi connectivity index (χ4v) is 2.64. The lowest BCUT2D eigenvalue weighted by molar-refractivity contribution is 0.0377. The highest BCUT2D eigenvalue weighted by Gasteiger charge is 2.08. The number of aromatic nitrogens is 1. The highest BCUT2D eigenvalue weighted by atomic mass is 16.5. The van der Waals surface area contributed by atoms with Crippen molar-refractivity contribution in [3.05, 3.63) is 34.7 Å². The molecule has 0 amide bonds. The van der Waals surface area contributed by atoms with E-state index in [9.17, 15) is 4.79 Å². The van der Waals surface area contributed by atoms with E-state index in [1.54, 1.807) is 16.7 Å². The first kappa shape index (κ1) is 18.5.